The predicted octanol–water partition coefficient (Wildman–Crippen LogP) is 3.42. The van der Waals surface area contributed by atoms with E-state index in [2.05, 4.69) is 16.0 Å². The van der Waals surface area contributed by atoms with Crippen LogP contribution in [0.3, 0.4) is 0 Å². The molecule has 0 saturated heterocycles. The smallest absolute Gasteiger partial charge is 0.253 e. The zero-order valence-electron chi connectivity index (χ0n) is 13.3. The summed E-state index contributed by atoms with van der Waals surface area (Å²) in [5, 5.41) is 8.60. The zero-order chi connectivity index (χ0) is 17.8. The molecule has 2 aromatic carbocycles. The highest BCUT2D eigenvalue weighted by Crippen LogP contribution is 2.22. The van der Waals surface area contributed by atoms with Crippen molar-refractivity contribution < 1.29 is 14.0 Å². The molecule has 5 nitrogen and oxygen atoms in total. The van der Waals surface area contributed by atoms with E-state index in [0.29, 0.717) is 16.3 Å². The molecule has 3 N–H and O–H groups in total. The molecule has 0 aromatic heterocycles. The molecular weight excluding hydrogens is 345 g/mol. The molecule has 25 heavy (non-hydrogen) atoms. The molecule has 0 heterocycles. The molecule has 1 saturated carbocycles. The van der Waals surface area contributed by atoms with E-state index < -0.39 is 11.7 Å². The second-order valence-corrected chi connectivity index (χ2v) is 6.26. The van der Waals surface area contributed by atoms with Gasteiger partial charge in [0.2, 0.25) is 5.91 Å². The van der Waals surface area contributed by atoms with Crippen molar-refractivity contribution in [2.24, 2.45) is 0 Å². The SMILES string of the molecule is O=C(CNc1ccccc1C(=O)NC1CC1)Nc1cc(Cl)ccc1F. The minimum atomic E-state index is -0.568. The molecule has 2 amide bonds. The van der Waals surface area contributed by atoms with Crippen LogP contribution in [0.1, 0.15) is 23.2 Å². The maximum absolute atomic E-state index is 13.6. The van der Waals surface area contributed by atoms with E-state index in [1.807, 2.05) is 0 Å². The van der Waals surface area contributed by atoms with Gasteiger partial charge in [0.15, 0.2) is 0 Å². The lowest BCUT2D eigenvalue weighted by Gasteiger charge is -2.12. The Morgan fingerprint density at radius 1 is 1.12 bits per heavy atom. The first-order chi connectivity index (χ1) is 12.0. The largest absolute Gasteiger partial charge is 0.376 e. The number of halogens is 2. The van der Waals surface area contributed by atoms with E-state index in [4.69, 9.17) is 11.6 Å². The van der Waals surface area contributed by atoms with Crippen molar-refractivity contribution in [3.63, 3.8) is 0 Å². The number of carbonyl (C=O) groups excluding carboxylic acids is 2. The van der Waals surface area contributed by atoms with Crippen LogP contribution in [0, 0.1) is 5.82 Å². The Morgan fingerprint density at radius 3 is 2.64 bits per heavy atom. The van der Waals surface area contributed by atoms with Crippen LogP contribution >= 0.6 is 11.6 Å². The van der Waals surface area contributed by atoms with E-state index in [0.717, 1.165) is 12.8 Å². The van der Waals surface area contributed by atoms with Crippen LogP contribution < -0.4 is 16.0 Å². The second kappa shape index (κ2) is 7.53. The Kier molecular flexibility index (Phi) is 5.19. The Balaban J connectivity index is 1.62. The van der Waals surface area contributed by atoms with Gasteiger partial charge in [0.1, 0.15) is 5.82 Å². The Bertz CT molecular complexity index is 809. The monoisotopic (exact) mass is 361 g/mol. The average molecular weight is 362 g/mol. The molecular formula is C18H17ClFN3O2. The summed E-state index contributed by atoms with van der Waals surface area (Å²) in [6.45, 7) is -0.111. The highest BCUT2D eigenvalue weighted by Gasteiger charge is 2.24. The van der Waals surface area contributed by atoms with Gasteiger partial charge in [-0.3, -0.25) is 9.59 Å². The molecule has 130 valence electrons. The van der Waals surface area contributed by atoms with Crippen molar-refractivity contribution in [1.82, 2.24) is 5.32 Å². The molecule has 1 aliphatic carbocycles. The number of carbonyl (C=O) groups is 2. The van der Waals surface area contributed by atoms with Gasteiger partial charge in [0.25, 0.3) is 5.91 Å². The van der Waals surface area contributed by atoms with E-state index in [9.17, 15) is 14.0 Å². The number of benzene rings is 2. The molecule has 0 radical (unpaired) electrons. The number of hydrogen-bond donors (Lipinski definition) is 3. The first-order valence-electron chi connectivity index (χ1n) is 7.91. The fourth-order valence-corrected chi connectivity index (χ4v) is 2.46. The van der Waals surface area contributed by atoms with Crippen LogP contribution in [0.25, 0.3) is 0 Å². The molecule has 3 rings (SSSR count). The van der Waals surface area contributed by atoms with Crippen molar-refractivity contribution in [3.8, 4) is 0 Å². The van der Waals surface area contributed by atoms with Gasteiger partial charge < -0.3 is 16.0 Å². The van der Waals surface area contributed by atoms with Crippen LogP contribution in [-0.2, 0) is 4.79 Å². The minimum Gasteiger partial charge on any atom is -0.376 e. The Morgan fingerprint density at radius 2 is 1.88 bits per heavy atom. The normalized spacial score (nSPS) is 13.2. The first-order valence-corrected chi connectivity index (χ1v) is 8.29. The summed E-state index contributed by atoms with van der Waals surface area (Å²) in [7, 11) is 0. The molecule has 2 aromatic rings. The summed E-state index contributed by atoms with van der Waals surface area (Å²) in [5.41, 5.74) is 1.03. The number of amides is 2. The fraction of sp³-hybridized carbons (Fsp3) is 0.222. The van der Waals surface area contributed by atoms with Crippen molar-refractivity contribution in [1.29, 1.82) is 0 Å². The first kappa shape index (κ1) is 17.2. The summed E-state index contributed by atoms with van der Waals surface area (Å²) in [4.78, 5) is 24.3. The molecule has 7 heteroatoms. The summed E-state index contributed by atoms with van der Waals surface area (Å²) in [5.74, 6) is -1.19. The summed E-state index contributed by atoms with van der Waals surface area (Å²) in [6.07, 6.45) is 1.99. The maximum atomic E-state index is 13.6. The van der Waals surface area contributed by atoms with Gasteiger partial charge in [-0.05, 0) is 43.2 Å². The molecule has 0 spiro atoms. The van der Waals surface area contributed by atoms with Gasteiger partial charge in [0.05, 0.1) is 17.8 Å². The summed E-state index contributed by atoms with van der Waals surface area (Å²) < 4.78 is 13.6. The number of para-hydroxylation sites is 1. The molecule has 0 bridgehead atoms. The fourth-order valence-electron chi connectivity index (χ4n) is 2.29. The predicted molar refractivity (Wildman–Crippen MR) is 95.5 cm³/mol. The van der Waals surface area contributed by atoms with Gasteiger partial charge in [-0.25, -0.2) is 4.39 Å². The van der Waals surface area contributed by atoms with E-state index in [1.54, 1.807) is 24.3 Å². The van der Waals surface area contributed by atoms with Crippen molar-refractivity contribution >= 4 is 34.8 Å². The van der Waals surface area contributed by atoms with Crippen LogP contribution in [0.2, 0.25) is 5.02 Å². The molecule has 1 fully saturated rings. The average Bonchev–Trinajstić information content (AvgIpc) is 3.40. The van der Waals surface area contributed by atoms with Gasteiger partial charge >= 0.3 is 0 Å². The molecule has 1 aliphatic rings. The van der Waals surface area contributed by atoms with Crippen LogP contribution in [0.15, 0.2) is 42.5 Å². The van der Waals surface area contributed by atoms with E-state index >= 15 is 0 Å². The van der Waals surface area contributed by atoms with Gasteiger partial charge in [-0.2, -0.15) is 0 Å². The third-order valence-electron chi connectivity index (χ3n) is 3.73. The van der Waals surface area contributed by atoms with Gasteiger partial charge in [-0.15, -0.1) is 0 Å². The standard InChI is InChI=1S/C18H17ClFN3O2/c19-11-5-8-14(20)16(9-11)23-17(24)10-21-15-4-2-1-3-13(15)18(25)22-12-6-7-12/h1-5,8-9,12,21H,6-7,10H2,(H,22,25)(H,23,24). The summed E-state index contributed by atoms with van der Waals surface area (Å²) >= 11 is 5.80. The lowest BCUT2D eigenvalue weighted by Crippen LogP contribution is -2.27. The number of hydrogen-bond acceptors (Lipinski definition) is 3. The number of rotatable bonds is 6. The Hall–Kier alpha value is -2.60. The topological polar surface area (TPSA) is 70.2 Å². The quantitative estimate of drug-likeness (QED) is 0.738. The van der Waals surface area contributed by atoms with E-state index in [-0.39, 0.29) is 24.2 Å². The highest BCUT2D eigenvalue weighted by atomic mass is 35.5. The minimum absolute atomic E-state index is 0.0130. The lowest BCUT2D eigenvalue weighted by atomic mass is 10.1. The summed E-state index contributed by atoms with van der Waals surface area (Å²) in [6, 6.07) is 11.1. The third kappa shape index (κ3) is 4.70. The van der Waals surface area contributed by atoms with Gasteiger partial charge in [0, 0.05) is 16.8 Å². The van der Waals surface area contributed by atoms with Crippen molar-refractivity contribution in [2.75, 3.05) is 17.2 Å². The van der Waals surface area contributed by atoms with Crippen LogP contribution in [0.4, 0.5) is 15.8 Å². The maximum Gasteiger partial charge on any atom is 0.253 e. The number of nitrogens with one attached hydrogen (secondary N) is 3. The lowest BCUT2D eigenvalue weighted by molar-refractivity contribution is -0.114. The zero-order valence-corrected chi connectivity index (χ0v) is 14.1. The van der Waals surface area contributed by atoms with Crippen molar-refractivity contribution in [2.45, 2.75) is 18.9 Å². The van der Waals surface area contributed by atoms with Crippen LogP contribution in [-0.4, -0.2) is 24.4 Å². The second-order valence-electron chi connectivity index (χ2n) is 5.82. The third-order valence-corrected chi connectivity index (χ3v) is 3.96. The molecule has 0 aliphatic heterocycles. The van der Waals surface area contributed by atoms with Crippen molar-refractivity contribution in [3.05, 3.63) is 58.9 Å². The molecule has 0 atom stereocenters. The van der Waals surface area contributed by atoms with Gasteiger partial charge in [-0.1, -0.05) is 23.7 Å². The molecule has 0 unspecified atom stereocenters. The highest BCUT2D eigenvalue weighted by molar-refractivity contribution is 6.30. The number of anilines is 2. The van der Waals surface area contributed by atoms with E-state index in [1.165, 1.54) is 18.2 Å². The van der Waals surface area contributed by atoms with Crippen LogP contribution in [0.5, 0.6) is 0 Å². The Labute approximate surface area is 149 Å².